The zero-order valence-corrected chi connectivity index (χ0v) is 12.9. The molecule has 1 nitrogen and oxygen atoms in total. The van der Waals surface area contributed by atoms with E-state index in [0.29, 0.717) is 5.75 Å². The molecule has 0 N–H and O–H groups in total. The first-order valence-electron chi connectivity index (χ1n) is 7.82. The zero-order valence-electron chi connectivity index (χ0n) is 12.9. The summed E-state index contributed by atoms with van der Waals surface area (Å²) in [5.74, 6) is 1.15. The summed E-state index contributed by atoms with van der Waals surface area (Å²) in [5, 5.41) is 0. The molecule has 1 heterocycles. The first kappa shape index (κ1) is 14.5. The van der Waals surface area contributed by atoms with Gasteiger partial charge < -0.3 is 4.74 Å². The maximum atomic E-state index is 13.6. The normalized spacial score (nSPS) is 13.2. The minimum absolute atomic E-state index is 0.272. The Morgan fingerprint density at radius 2 is 1.33 bits per heavy atom. The minimum Gasteiger partial charge on any atom is -0.455 e. The SMILES string of the molecule is Fc1ccc2c(c1)C=CC(c1ccccc1)=C(c1ccccc1)O2. The largest absolute Gasteiger partial charge is 0.455 e. The highest BCUT2D eigenvalue weighted by molar-refractivity contribution is 5.97. The molecule has 2 heteroatoms. The van der Waals surface area contributed by atoms with Gasteiger partial charge in [-0.2, -0.15) is 0 Å². The Morgan fingerprint density at radius 3 is 2.04 bits per heavy atom. The van der Waals surface area contributed by atoms with Gasteiger partial charge in [-0.3, -0.25) is 0 Å². The zero-order chi connectivity index (χ0) is 16.4. The van der Waals surface area contributed by atoms with Crippen LogP contribution >= 0.6 is 0 Å². The monoisotopic (exact) mass is 314 g/mol. The Kier molecular flexibility index (Phi) is 3.72. The molecule has 0 unspecified atom stereocenters. The fourth-order valence-electron chi connectivity index (χ4n) is 2.81. The average molecular weight is 314 g/mol. The van der Waals surface area contributed by atoms with Crippen LogP contribution in [0.25, 0.3) is 17.4 Å². The van der Waals surface area contributed by atoms with E-state index in [1.165, 1.54) is 12.1 Å². The van der Waals surface area contributed by atoms with Gasteiger partial charge in [0.05, 0.1) is 0 Å². The van der Waals surface area contributed by atoms with Crippen molar-refractivity contribution in [2.45, 2.75) is 0 Å². The molecule has 0 radical (unpaired) electrons. The van der Waals surface area contributed by atoms with Gasteiger partial charge >= 0.3 is 0 Å². The van der Waals surface area contributed by atoms with Gasteiger partial charge in [-0.25, -0.2) is 4.39 Å². The topological polar surface area (TPSA) is 9.23 Å². The van der Waals surface area contributed by atoms with Crippen LogP contribution in [0.3, 0.4) is 0 Å². The van der Waals surface area contributed by atoms with E-state index in [4.69, 9.17) is 4.74 Å². The molecule has 0 saturated carbocycles. The van der Waals surface area contributed by atoms with Crippen LogP contribution in [0.5, 0.6) is 5.75 Å². The summed E-state index contributed by atoms with van der Waals surface area (Å²) in [6.45, 7) is 0. The highest BCUT2D eigenvalue weighted by Crippen LogP contribution is 2.36. The maximum absolute atomic E-state index is 13.6. The Hall–Kier alpha value is -3.13. The molecule has 0 aliphatic carbocycles. The van der Waals surface area contributed by atoms with Crippen molar-refractivity contribution in [1.82, 2.24) is 0 Å². The minimum atomic E-state index is -0.272. The van der Waals surface area contributed by atoms with Gasteiger partial charge in [0.15, 0.2) is 0 Å². The third kappa shape index (κ3) is 2.74. The van der Waals surface area contributed by atoms with Crippen molar-refractivity contribution < 1.29 is 9.13 Å². The number of fused-ring (bicyclic) bond motifs is 1. The van der Waals surface area contributed by atoms with Crippen LogP contribution in [-0.4, -0.2) is 0 Å². The number of hydrogen-bond acceptors (Lipinski definition) is 1. The van der Waals surface area contributed by atoms with Crippen molar-refractivity contribution >= 4 is 17.4 Å². The molecule has 1 aliphatic heterocycles. The van der Waals surface area contributed by atoms with E-state index in [0.717, 1.165) is 28.0 Å². The van der Waals surface area contributed by atoms with E-state index in [2.05, 4.69) is 0 Å². The Morgan fingerprint density at radius 1 is 0.667 bits per heavy atom. The molecule has 0 fully saturated rings. The van der Waals surface area contributed by atoms with Crippen molar-refractivity contribution in [3.8, 4) is 5.75 Å². The second kappa shape index (κ2) is 6.17. The van der Waals surface area contributed by atoms with Crippen LogP contribution in [-0.2, 0) is 0 Å². The predicted molar refractivity (Wildman–Crippen MR) is 95.8 cm³/mol. The van der Waals surface area contributed by atoms with Gasteiger partial charge in [-0.15, -0.1) is 0 Å². The van der Waals surface area contributed by atoms with Gasteiger partial charge in [0.25, 0.3) is 0 Å². The molecule has 0 aromatic heterocycles. The number of rotatable bonds is 2. The summed E-state index contributed by atoms with van der Waals surface area (Å²) in [5.41, 5.74) is 3.74. The third-order valence-corrected chi connectivity index (χ3v) is 3.98. The molecular weight excluding hydrogens is 299 g/mol. The van der Waals surface area contributed by atoms with Crippen LogP contribution in [0.2, 0.25) is 0 Å². The summed E-state index contributed by atoms with van der Waals surface area (Å²) >= 11 is 0. The standard InChI is InChI=1S/C22H15FO/c23-19-12-14-21-18(15-19)11-13-20(16-7-3-1-4-8-16)22(24-21)17-9-5-2-6-10-17/h1-15H. The third-order valence-electron chi connectivity index (χ3n) is 3.98. The lowest BCUT2D eigenvalue weighted by atomic mass is 10.0. The van der Waals surface area contributed by atoms with E-state index >= 15 is 0 Å². The summed E-state index contributed by atoms with van der Waals surface area (Å²) in [6, 6.07) is 24.6. The summed E-state index contributed by atoms with van der Waals surface area (Å²) in [4.78, 5) is 0. The molecule has 24 heavy (non-hydrogen) atoms. The highest BCUT2D eigenvalue weighted by Gasteiger charge is 2.17. The molecule has 0 atom stereocenters. The van der Waals surface area contributed by atoms with Gasteiger partial charge in [-0.1, -0.05) is 66.7 Å². The summed E-state index contributed by atoms with van der Waals surface area (Å²) in [7, 11) is 0. The molecule has 3 aromatic rings. The fraction of sp³-hybridized carbons (Fsp3) is 0. The van der Waals surface area contributed by atoms with Crippen LogP contribution < -0.4 is 4.74 Å². The van der Waals surface area contributed by atoms with E-state index in [-0.39, 0.29) is 5.82 Å². The first-order valence-corrected chi connectivity index (χ1v) is 7.82. The Balaban J connectivity index is 1.93. The first-order chi connectivity index (χ1) is 11.8. The van der Waals surface area contributed by atoms with Crippen molar-refractivity contribution in [2.75, 3.05) is 0 Å². The quantitative estimate of drug-likeness (QED) is 0.581. The van der Waals surface area contributed by atoms with Crippen LogP contribution in [0.15, 0.2) is 84.9 Å². The lowest BCUT2D eigenvalue weighted by Crippen LogP contribution is -1.99. The van der Waals surface area contributed by atoms with Crippen molar-refractivity contribution in [1.29, 1.82) is 0 Å². The summed E-state index contributed by atoms with van der Waals surface area (Å²) in [6.07, 6.45) is 3.89. The Bertz CT molecular complexity index is 925. The molecule has 4 rings (SSSR count). The van der Waals surface area contributed by atoms with Gasteiger partial charge in [0.1, 0.15) is 17.3 Å². The molecular formula is C22H15FO. The molecule has 116 valence electrons. The smallest absolute Gasteiger partial charge is 0.142 e. The molecule has 1 aliphatic rings. The van der Waals surface area contributed by atoms with Crippen molar-refractivity contribution in [3.63, 3.8) is 0 Å². The van der Waals surface area contributed by atoms with Crippen molar-refractivity contribution in [2.24, 2.45) is 0 Å². The lowest BCUT2D eigenvalue weighted by molar-refractivity contribution is 0.513. The number of hydrogen-bond donors (Lipinski definition) is 0. The Labute approximate surface area is 140 Å². The van der Waals surface area contributed by atoms with E-state index in [9.17, 15) is 4.39 Å². The molecule has 0 saturated heterocycles. The van der Waals surface area contributed by atoms with Crippen LogP contribution in [0.4, 0.5) is 4.39 Å². The summed E-state index contributed by atoms with van der Waals surface area (Å²) < 4.78 is 19.8. The predicted octanol–water partition coefficient (Wildman–Crippen LogP) is 5.80. The van der Waals surface area contributed by atoms with Crippen molar-refractivity contribution in [3.05, 3.63) is 107 Å². The van der Waals surface area contributed by atoms with E-state index in [1.54, 1.807) is 6.07 Å². The van der Waals surface area contributed by atoms with E-state index < -0.39 is 0 Å². The number of allylic oxidation sites excluding steroid dienone is 2. The number of benzene rings is 3. The molecule has 0 bridgehead atoms. The number of ether oxygens (including phenoxy) is 1. The van der Waals surface area contributed by atoms with Gasteiger partial charge in [0, 0.05) is 16.7 Å². The van der Waals surface area contributed by atoms with Gasteiger partial charge in [0.2, 0.25) is 0 Å². The average Bonchev–Trinajstić information content (AvgIpc) is 2.82. The maximum Gasteiger partial charge on any atom is 0.142 e. The second-order valence-electron chi connectivity index (χ2n) is 5.59. The number of halogens is 1. The fourth-order valence-corrected chi connectivity index (χ4v) is 2.81. The van der Waals surface area contributed by atoms with Gasteiger partial charge in [-0.05, 0) is 29.8 Å². The lowest BCUT2D eigenvalue weighted by Gasteiger charge is -2.14. The molecule has 0 spiro atoms. The molecule has 0 amide bonds. The van der Waals surface area contributed by atoms with Crippen LogP contribution in [0.1, 0.15) is 16.7 Å². The highest BCUT2D eigenvalue weighted by atomic mass is 19.1. The molecule has 3 aromatic carbocycles. The van der Waals surface area contributed by atoms with Crippen LogP contribution in [0, 0.1) is 5.82 Å². The van der Waals surface area contributed by atoms with E-state index in [1.807, 2.05) is 72.8 Å². The second-order valence-corrected chi connectivity index (χ2v) is 5.59.